The summed E-state index contributed by atoms with van der Waals surface area (Å²) in [6.07, 6.45) is 0. The van der Waals surface area contributed by atoms with Gasteiger partial charge in [0.1, 0.15) is 0 Å². The Morgan fingerprint density at radius 3 is 2.79 bits per heavy atom. The lowest BCUT2D eigenvalue weighted by Gasteiger charge is -1.95. The summed E-state index contributed by atoms with van der Waals surface area (Å²) in [5.74, 6) is 0. The van der Waals surface area contributed by atoms with Crippen molar-refractivity contribution in [2.24, 2.45) is 5.14 Å². The fourth-order valence-corrected chi connectivity index (χ4v) is 2.68. The van der Waals surface area contributed by atoms with Gasteiger partial charge in [-0.25, -0.2) is 18.5 Å². The summed E-state index contributed by atoms with van der Waals surface area (Å²) in [7, 11) is -3.61. The summed E-state index contributed by atoms with van der Waals surface area (Å²) in [6, 6.07) is 4.69. The van der Waals surface area contributed by atoms with Crippen LogP contribution in [0, 0.1) is 6.92 Å². The predicted molar refractivity (Wildman–Crippen MR) is 55.7 cm³/mol. The molecule has 0 aliphatic carbocycles. The molecule has 74 valence electrons. The van der Waals surface area contributed by atoms with Gasteiger partial charge >= 0.3 is 0 Å². The zero-order valence-electron chi connectivity index (χ0n) is 7.39. The van der Waals surface area contributed by atoms with Crippen LogP contribution in [0.3, 0.4) is 0 Å². The second-order valence-electron chi connectivity index (χ2n) is 2.91. The minimum atomic E-state index is -3.61. The van der Waals surface area contributed by atoms with Gasteiger partial charge in [0.05, 0.1) is 20.1 Å². The van der Waals surface area contributed by atoms with Gasteiger partial charge in [-0.15, -0.1) is 11.3 Å². The van der Waals surface area contributed by atoms with E-state index in [1.54, 1.807) is 12.1 Å². The molecule has 0 unspecified atom stereocenters. The van der Waals surface area contributed by atoms with E-state index in [1.807, 2.05) is 6.92 Å². The van der Waals surface area contributed by atoms with Crippen LogP contribution in [-0.4, -0.2) is 13.4 Å². The highest BCUT2D eigenvalue weighted by Gasteiger charge is 2.09. The zero-order valence-corrected chi connectivity index (χ0v) is 9.02. The SMILES string of the molecule is Cc1nc2ccc(S(N)(=O)=O)cc2s1. The van der Waals surface area contributed by atoms with Crippen LogP contribution >= 0.6 is 11.3 Å². The van der Waals surface area contributed by atoms with E-state index in [0.717, 1.165) is 15.2 Å². The Kier molecular flexibility index (Phi) is 2.06. The van der Waals surface area contributed by atoms with Crippen LogP contribution in [-0.2, 0) is 10.0 Å². The summed E-state index contributed by atoms with van der Waals surface area (Å²) in [4.78, 5) is 4.35. The number of hydrogen-bond donors (Lipinski definition) is 1. The largest absolute Gasteiger partial charge is 0.242 e. The second kappa shape index (κ2) is 3.01. The number of thiazole rings is 1. The molecule has 2 N–H and O–H groups in total. The highest BCUT2D eigenvalue weighted by Crippen LogP contribution is 2.23. The first-order valence-electron chi connectivity index (χ1n) is 3.87. The fourth-order valence-electron chi connectivity index (χ4n) is 1.20. The normalized spacial score (nSPS) is 12.1. The first-order chi connectivity index (χ1) is 6.47. The summed E-state index contributed by atoms with van der Waals surface area (Å²) in [5.41, 5.74) is 0.805. The molecule has 0 radical (unpaired) electrons. The molecule has 0 aliphatic rings. The molecule has 4 nitrogen and oxygen atoms in total. The van der Waals surface area contributed by atoms with E-state index in [1.165, 1.54) is 17.4 Å². The number of primary sulfonamides is 1. The van der Waals surface area contributed by atoms with E-state index in [2.05, 4.69) is 4.98 Å². The van der Waals surface area contributed by atoms with Gasteiger partial charge in [-0.1, -0.05) is 0 Å². The molecule has 0 fully saturated rings. The maximum Gasteiger partial charge on any atom is 0.238 e. The summed E-state index contributed by atoms with van der Waals surface area (Å²) < 4.78 is 22.9. The Hall–Kier alpha value is -0.980. The van der Waals surface area contributed by atoms with Crippen molar-refractivity contribution in [3.05, 3.63) is 23.2 Å². The Labute approximate surface area is 85.4 Å². The molecule has 1 heterocycles. The summed E-state index contributed by atoms with van der Waals surface area (Å²) >= 11 is 1.45. The molecule has 0 aliphatic heterocycles. The number of aromatic nitrogens is 1. The number of benzene rings is 1. The fraction of sp³-hybridized carbons (Fsp3) is 0.125. The smallest absolute Gasteiger partial charge is 0.238 e. The van der Waals surface area contributed by atoms with Crippen molar-refractivity contribution in [3.63, 3.8) is 0 Å². The molecule has 0 saturated carbocycles. The van der Waals surface area contributed by atoms with Gasteiger partial charge in [-0.3, -0.25) is 0 Å². The molecule has 1 aromatic carbocycles. The highest BCUT2D eigenvalue weighted by molar-refractivity contribution is 7.89. The predicted octanol–water partition coefficient (Wildman–Crippen LogP) is 1.25. The molecular weight excluding hydrogens is 220 g/mol. The Morgan fingerprint density at radius 1 is 1.43 bits per heavy atom. The van der Waals surface area contributed by atoms with Crippen LogP contribution < -0.4 is 5.14 Å². The average Bonchev–Trinajstić information content (AvgIpc) is 2.41. The first-order valence-corrected chi connectivity index (χ1v) is 6.23. The average molecular weight is 228 g/mol. The van der Waals surface area contributed by atoms with E-state index < -0.39 is 10.0 Å². The quantitative estimate of drug-likeness (QED) is 0.798. The number of hydrogen-bond acceptors (Lipinski definition) is 4. The first kappa shape index (κ1) is 9.57. The molecule has 0 saturated heterocycles. The number of nitrogens with zero attached hydrogens (tertiary/aromatic N) is 1. The third-order valence-corrected chi connectivity index (χ3v) is 3.64. The van der Waals surface area contributed by atoms with Gasteiger partial charge < -0.3 is 0 Å². The van der Waals surface area contributed by atoms with Crippen LogP contribution in [0.5, 0.6) is 0 Å². The lowest BCUT2D eigenvalue weighted by atomic mass is 10.3. The van der Waals surface area contributed by atoms with Crippen LogP contribution in [0.1, 0.15) is 5.01 Å². The van der Waals surface area contributed by atoms with Gasteiger partial charge in [0, 0.05) is 0 Å². The van der Waals surface area contributed by atoms with Crippen molar-refractivity contribution in [2.45, 2.75) is 11.8 Å². The lowest BCUT2D eigenvalue weighted by Crippen LogP contribution is -2.11. The number of rotatable bonds is 1. The number of aryl methyl sites for hydroxylation is 1. The van der Waals surface area contributed by atoms with Crippen molar-refractivity contribution < 1.29 is 8.42 Å². The van der Waals surface area contributed by atoms with Crippen molar-refractivity contribution in [1.82, 2.24) is 4.98 Å². The van der Waals surface area contributed by atoms with E-state index in [0.29, 0.717) is 0 Å². The van der Waals surface area contributed by atoms with Crippen molar-refractivity contribution in [1.29, 1.82) is 0 Å². The zero-order chi connectivity index (χ0) is 10.3. The van der Waals surface area contributed by atoms with E-state index >= 15 is 0 Å². The van der Waals surface area contributed by atoms with Gasteiger partial charge in [0.25, 0.3) is 0 Å². The Morgan fingerprint density at radius 2 is 2.14 bits per heavy atom. The Bertz CT molecular complexity index is 586. The van der Waals surface area contributed by atoms with E-state index in [4.69, 9.17) is 5.14 Å². The van der Waals surface area contributed by atoms with Crippen molar-refractivity contribution in [2.75, 3.05) is 0 Å². The molecule has 2 aromatic rings. The van der Waals surface area contributed by atoms with Crippen LogP contribution in [0.25, 0.3) is 10.2 Å². The molecule has 0 amide bonds. The minimum absolute atomic E-state index is 0.133. The maximum atomic E-state index is 11.0. The van der Waals surface area contributed by atoms with Gasteiger partial charge in [-0.2, -0.15) is 0 Å². The molecule has 0 spiro atoms. The van der Waals surface area contributed by atoms with Gasteiger partial charge in [-0.05, 0) is 25.1 Å². The third-order valence-electron chi connectivity index (χ3n) is 1.80. The van der Waals surface area contributed by atoms with Gasteiger partial charge in [0.15, 0.2) is 0 Å². The van der Waals surface area contributed by atoms with Gasteiger partial charge in [0.2, 0.25) is 10.0 Å². The highest BCUT2D eigenvalue weighted by atomic mass is 32.2. The molecular formula is C8H8N2O2S2. The molecule has 2 rings (SSSR count). The topological polar surface area (TPSA) is 73.0 Å². The van der Waals surface area contributed by atoms with E-state index in [9.17, 15) is 8.42 Å². The monoisotopic (exact) mass is 228 g/mol. The maximum absolute atomic E-state index is 11.0. The standard InChI is InChI=1S/C8H8N2O2S2/c1-5-10-7-3-2-6(14(9,11)12)4-8(7)13-5/h2-4H,1H3,(H2,9,11,12). The number of fused-ring (bicyclic) bond motifs is 1. The Balaban J connectivity index is 2.74. The summed E-state index contributed by atoms with van der Waals surface area (Å²) in [6.45, 7) is 1.88. The minimum Gasteiger partial charge on any atom is -0.242 e. The number of sulfonamides is 1. The molecule has 6 heteroatoms. The van der Waals surface area contributed by atoms with Crippen molar-refractivity contribution in [3.8, 4) is 0 Å². The van der Waals surface area contributed by atoms with E-state index in [-0.39, 0.29) is 4.90 Å². The van der Waals surface area contributed by atoms with Crippen LogP contribution in [0.2, 0.25) is 0 Å². The molecule has 14 heavy (non-hydrogen) atoms. The summed E-state index contributed by atoms with van der Waals surface area (Å²) in [5, 5.41) is 5.92. The van der Waals surface area contributed by atoms with Crippen LogP contribution in [0.4, 0.5) is 0 Å². The molecule has 1 aromatic heterocycles. The molecule has 0 atom stereocenters. The lowest BCUT2D eigenvalue weighted by molar-refractivity contribution is 0.598. The third kappa shape index (κ3) is 1.63. The molecule has 0 bridgehead atoms. The number of nitrogens with two attached hydrogens (primary N) is 1. The van der Waals surface area contributed by atoms with Crippen molar-refractivity contribution >= 4 is 31.6 Å². The second-order valence-corrected chi connectivity index (χ2v) is 5.70. The van der Waals surface area contributed by atoms with Crippen LogP contribution in [0.15, 0.2) is 23.1 Å².